The van der Waals surface area contributed by atoms with Gasteiger partial charge in [0.15, 0.2) is 0 Å². The highest BCUT2D eigenvalue weighted by atomic mass is 14.9. The van der Waals surface area contributed by atoms with Gasteiger partial charge in [-0.05, 0) is 23.8 Å². The van der Waals surface area contributed by atoms with Crippen molar-refractivity contribution in [2.75, 3.05) is 11.1 Å². The summed E-state index contributed by atoms with van der Waals surface area (Å²) in [5.41, 5.74) is 9.77. The fourth-order valence-electron chi connectivity index (χ4n) is 2.24. The summed E-state index contributed by atoms with van der Waals surface area (Å²) < 4.78 is 0. The van der Waals surface area contributed by atoms with Crippen LogP contribution in [0.25, 0.3) is 10.9 Å². The Morgan fingerprint density at radius 3 is 2.62 bits per heavy atom. The van der Waals surface area contributed by atoms with Crippen LogP contribution in [-0.2, 0) is 6.54 Å². The lowest BCUT2D eigenvalue weighted by molar-refractivity contribution is 1.15. The fraction of sp³-hybridized carbons (Fsp3) is 0.0588. The van der Waals surface area contributed by atoms with Crippen LogP contribution in [0.2, 0.25) is 0 Å². The smallest absolute Gasteiger partial charge is 0.103 e. The Labute approximate surface area is 122 Å². The first-order valence-corrected chi connectivity index (χ1v) is 6.64. The Morgan fingerprint density at radius 2 is 1.86 bits per heavy atom. The third kappa shape index (κ3) is 2.63. The Balaban J connectivity index is 1.95. The molecule has 2 aromatic carbocycles. The Bertz CT molecular complexity index is 816. The molecule has 0 radical (unpaired) electrons. The van der Waals surface area contributed by atoms with E-state index in [0.29, 0.717) is 12.1 Å². The fourth-order valence-corrected chi connectivity index (χ4v) is 2.24. The second-order valence-electron chi connectivity index (χ2n) is 4.77. The number of nitrogens with two attached hydrogens (primary N) is 1. The Hall–Kier alpha value is -3.06. The molecule has 3 rings (SSSR count). The molecule has 0 saturated heterocycles. The topological polar surface area (TPSA) is 74.7 Å². The molecular weight excluding hydrogens is 260 g/mol. The van der Waals surface area contributed by atoms with Gasteiger partial charge in [-0.3, -0.25) is 4.98 Å². The van der Waals surface area contributed by atoms with E-state index >= 15 is 0 Å². The van der Waals surface area contributed by atoms with Crippen molar-refractivity contribution in [3.05, 3.63) is 65.9 Å². The van der Waals surface area contributed by atoms with E-state index in [-0.39, 0.29) is 0 Å². The van der Waals surface area contributed by atoms with Gasteiger partial charge in [0.2, 0.25) is 0 Å². The molecule has 0 fully saturated rings. The average molecular weight is 274 g/mol. The second-order valence-corrected chi connectivity index (χ2v) is 4.77. The van der Waals surface area contributed by atoms with Gasteiger partial charge in [-0.15, -0.1) is 0 Å². The molecule has 21 heavy (non-hydrogen) atoms. The number of benzene rings is 2. The van der Waals surface area contributed by atoms with Crippen LogP contribution in [0.4, 0.5) is 11.4 Å². The van der Waals surface area contributed by atoms with E-state index in [0.717, 1.165) is 27.8 Å². The molecule has 4 nitrogen and oxygen atoms in total. The van der Waals surface area contributed by atoms with Crippen molar-refractivity contribution in [2.45, 2.75) is 6.54 Å². The van der Waals surface area contributed by atoms with Crippen LogP contribution in [-0.4, -0.2) is 4.98 Å². The summed E-state index contributed by atoms with van der Waals surface area (Å²) in [5.74, 6) is 0. The van der Waals surface area contributed by atoms with E-state index in [1.54, 1.807) is 6.20 Å². The molecule has 102 valence electrons. The normalized spacial score (nSPS) is 10.2. The predicted molar refractivity (Wildman–Crippen MR) is 84.6 cm³/mol. The van der Waals surface area contributed by atoms with Crippen LogP contribution in [0.15, 0.2) is 54.7 Å². The SMILES string of the molecule is N#Cc1cnc2ccccc2c1NCc1ccc(N)cc1. The summed E-state index contributed by atoms with van der Waals surface area (Å²) >= 11 is 0. The molecule has 0 spiro atoms. The van der Waals surface area contributed by atoms with Crippen LogP contribution in [0.1, 0.15) is 11.1 Å². The highest BCUT2D eigenvalue weighted by Crippen LogP contribution is 2.25. The maximum Gasteiger partial charge on any atom is 0.103 e. The molecule has 0 aliphatic heterocycles. The van der Waals surface area contributed by atoms with Crippen LogP contribution < -0.4 is 11.1 Å². The molecule has 0 atom stereocenters. The molecule has 3 aromatic rings. The van der Waals surface area contributed by atoms with Gasteiger partial charge >= 0.3 is 0 Å². The first kappa shape index (κ1) is 12.9. The number of pyridine rings is 1. The predicted octanol–water partition coefficient (Wildman–Crippen LogP) is 3.30. The van der Waals surface area contributed by atoms with E-state index in [1.807, 2.05) is 48.5 Å². The van der Waals surface area contributed by atoms with Crippen molar-refractivity contribution in [3.63, 3.8) is 0 Å². The zero-order valence-electron chi connectivity index (χ0n) is 11.4. The molecule has 0 aliphatic carbocycles. The lowest BCUT2D eigenvalue weighted by Gasteiger charge is -2.11. The number of nitriles is 1. The number of nitrogen functional groups attached to an aromatic ring is 1. The summed E-state index contributed by atoms with van der Waals surface area (Å²) in [6, 6.07) is 17.6. The monoisotopic (exact) mass is 274 g/mol. The van der Waals surface area contributed by atoms with Crippen molar-refractivity contribution in [2.24, 2.45) is 0 Å². The largest absolute Gasteiger partial charge is 0.399 e. The lowest BCUT2D eigenvalue weighted by Crippen LogP contribution is -2.03. The number of aromatic nitrogens is 1. The number of nitrogens with zero attached hydrogens (tertiary/aromatic N) is 2. The zero-order valence-corrected chi connectivity index (χ0v) is 11.4. The second kappa shape index (κ2) is 5.51. The van der Waals surface area contributed by atoms with Gasteiger partial charge in [0.25, 0.3) is 0 Å². The summed E-state index contributed by atoms with van der Waals surface area (Å²) in [4.78, 5) is 4.30. The molecule has 1 aromatic heterocycles. The van der Waals surface area contributed by atoms with E-state index in [4.69, 9.17) is 5.73 Å². The number of para-hydroxylation sites is 1. The highest BCUT2D eigenvalue weighted by molar-refractivity contribution is 5.93. The quantitative estimate of drug-likeness (QED) is 0.718. The lowest BCUT2D eigenvalue weighted by atomic mass is 10.1. The molecule has 0 unspecified atom stereocenters. The molecule has 1 heterocycles. The van der Waals surface area contributed by atoms with Gasteiger partial charge in [-0.25, -0.2) is 0 Å². The summed E-state index contributed by atoms with van der Waals surface area (Å²) in [7, 11) is 0. The van der Waals surface area contributed by atoms with Gasteiger partial charge < -0.3 is 11.1 Å². The van der Waals surface area contributed by atoms with Crippen LogP contribution in [0.3, 0.4) is 0 Å². The van der Waals surface area contributed by atoms with Crippen LogP contribution in [0.5, 0.6) is 0 Å². The van der Waals surface area contributed by atoms with E-state index < -0.39 is 0 Å². The molecule has 3 N–H and O–H groups in total. The number of nitrogens with one attached hydrogen (secondary N) is 1. The Morgan fingerprint density at radius 1 is 1.10 bits per heavy atom. The van der Waals surface area contributed by atoms with Crippen LogP contribution >= 0.6 is 0 Å². The van der Waals surface area contributed by atoms with E-state index in [2.05, 4.69) is 16.4 Å². The van der Waals surface area contributed by atoms with E-state index in [9.17, 15) is 5.26 Å². The zero-order chi connectivity index (χ0) is 14.7. The molecule has 4 heteroatoms. The van der Waals surface area contributed by atoms with Gasteiger partial charge in [0, 0.05) is 23.8 Å². The number of rotatable bonds is 3. The van der Waals surface area contributed by atoms with Crippen LogP contribution in [0, 0.1) is 11.3 Å². The van der Waals surface area contributed by atoms with Gasteiger partial charge in [-0.2, -0.15) is 5.26 Å². The first-order valence-electron chi connectivity index (χ1n) is 6.64. The molecule has 0 saturated carbocycles. The number of fused-ring (bicyclic) bond motifs is 1. The summed E-state index contributed by atoms with van der Waals surface area (Å²) in [5, 5.41) is 13.6. The van der Waals surface area contributed by atoms with Gasteiger partial charge in [0.1, 0.15) is 6.07 Å². The van der Waals surface area contributed by atoms with Crippen molar-refractivity contribution >= 4 is 22.3 Å². The maximum absolute atomic E-state index is 9.26. The van der Waals surface area contributed by atoms with Crippen molar-refractivity contribution in [3.8, 4) is 6.07 Å². The van der Waals surface area contributed by atoms with E-state index in [1.165, 1.54) is 0 Å². The molecule has 0 aliphatic rings. The third-order valence-electron chi connectivity index (χ3n) is 3.34. The molecule has 0 amide bonds. The minimum Gasteiger partial charge on any atom is -0.399 e. The van der Waals surface area contributed by atoms with Gasteiger partial charge in [-0.1, -0.05) is 30.3 Å². The van der Waals surface area contributed by atoms with Crippen molar-refractivity contribution in [1.82, 2.24) is 4.98 Å². The first-order chi connectivity index (χ1) is 10.3. The summed E-state index contributed by atoms with van der Waals surface area (Å²) in [6.07, 6.45) is 1.60. The summed E-state index contributed by atoms with van der Waals surface area (Å²) in [6.45, 7) is 0.628. The average Bonchev–Trinajstić information content (AvgIpc) is 2.54. The van der Waals surface area contributed by atoms with Crippen molar-refractivity contribution in [1.29, 1.82) is 5.26 Å². The molecule has 0 bridgehead atoms. The third-order valence-corrected chi connectivity index (χ3v) is 3.34. The number of hydrogen-bond acceptors (Lipinski definition) is 4. The number of anilines is 2. The Kier molecular flexibility index (Phi) is 3.40. The minimum absolute atomic E-state index is 0.546. The van der Waals surface area contributed by atoms with Crippen molar-refractivity contribution < 1.29 is 0 Å². The standard InChI is InChI=1S/C17H14N4/c18-9-13-11-20-16-4-2-1-3-15(16)17(13)21-10-12-5-7-14(19)8-6-12/h1-8,11H,10,19H2,(H,20,21). The highest BCUT2D eigenvalue weighted by Gasteiger charge is 2.08. The minimum atomic E-state index is 0.546. The van der Waals surface area contributed by atoms with Gasteiger partial charge in [0.05, 0.1) is 16.8 Å². The maximum atomic E-state index is 9.26. The number of hydrogen-bond donors (Lipinski definition) is 2. The molecular formula is C17H14N4.